The van der Waals surface area contributed by atoms with Crippen molar-refractivity contribution in [2.24, 2.45) is 0 Å². The normalized spacial score (nSPS) is 11.6. The third-order valence-corrected chi connectivity index (χ3v) is 19.9. The van der Waals surface area contributed by atoms with Gasteiger partial charge in [-0.05, 0) is 167 Å². The number of para-hydroxylation sites is 6. The van der Waals surface area contributed by atoms with E-state index in [1.165, 1.54) is 126 Å². The number of fused-ring (bicyclic) bond motifs is 12. The van der Waals surface area contributed by atoms with Crippen molar-refractivity contribution in [3.8, 4) is 89.8 Å². The van der Waals surface area contributed by atoms with Crippen LogP contribution >= 0.6 is 0 Å². The van der Waals surface area contributed by atoms with Gasteiger partial charge in [-0.15, -0.1) is 0 Å². The lowest BCUT2D eigenvalue weighted by molar-refractivity contribution is 1.18. The second kappa shape index (κ2) is 24.3. The van der Waals surface area contributed by atoms with Crippen LogP contribution in [-0.4, -0.2) is 28.2 Å². The first-order valence-electron chi connectivity index (χ1n) is 34.1. The molecular weight excluding hydrogens is 1210 g/mol. The zero-order chi connectivity index (χ0) is 66.0. The molecule has 0 aliphatic carbocycles. The molecule has 20 rings (SSSR count). The Balaban J connectivity index is 0.000000139. The number of benzene rings is 14. The van der Waals surface area contributed by atoms with Crippen molar-refractivity contribution in [1.82, 2.24) is 28.2 Å². The van der Waals surface area contributed by atoms with Crippen molar-refractivity contribution < 1.29 is 0 Å². The Hall–Kier alpha value is -13.4. The molecule has 6 heteroatoms. The molecule has 468 valence electrons. The second-order valence-corrected chi connectivity index (χ2v) is 25.7. The molecule has 0 unspecified atom stereocenters. The average molecular weight is 1280 g/mol. The molecule has 0 spiro atoms. The van der Waals surface area contributed by atoms with Crippen LogP contribution in [0.1, 0.15) is 0 Å². The summed E-state index contributed by atoms with van der Waals surface area (Å²) < 4.78 is 9.51. The maximum absolute atomic E-state index is 4.87. The fourth-order valence-electron chi connectivity index (χ4n) is 15.2. The van der Waals surface area contributed by atoms with E-state index in [9.17, 15) is 0 Å². The minimum absolute atomic E-state index is 0.957. The van der Waals surface area contributed by atoms with E-state index in [-0.39, 0.29) is 0 Å². The topological polar surface area (TPSA) is 45.5 Å². The molecule has 0 saturated carbocycles. The van der Waals surface area contributed by atoms with Gasteiger partial charge in [0.05, 0.1) is 55.5 Å². The standard InChI is InChI=1S/2C47H31N3/c1-3-12-32(13-4-1)36-22-25-43(48-31-36)35-14-11-17-38(28-35)50-45-21-10-8-19-40(45)42-30-34(24-27-47(42)50)33-23-26-46-41(29-33)39-18-7-9-20-44(39)49(46)37-15-5-2-6-16-37;1-3-12-32(13-4-1)43-25-22-36(31-48-43)33-14-11-17-38(28-33)50-45-21-10-8-19-40(45)42-30-35(24-27-47(42)50)34-23-26-46-41(29-34)39-18-7-9-20-44(39)49(46)37-15-5-2-6-16-37/h2*1-31H. The summed E-state index contributed by atoms with van der Waals surface area (Å²) in [6.45, 7) is 0. The lowest BCUT2D eigenvalue weighted by atomic mass is 10.0. The predicted molar refractivity (Wildman–Crippen MR) is 418 cm³/mol. The van der Waals surface area contributed by atoms with Crippen molar-refractivity contribution in [2.75, 3.05) is 0 Å². The Labute approximate surface area is 578 Å². The molecule has 20 aromatic rings. The molecule has 0 bridgehead atoms. The van der Waals surface area contributed by atoms with E-state index in [1.807, 2.05) is 36.7 Å². The molecule has 0 aliphatic rings. The molecule has 6 aromatic heterocycles. The van der Waals surface area contributed by atoms with E-state index < -0.39 is 0 Å². The van der Waals surface area contributed by atoms with Crippen LogP contribution in [0.25, 0.3) is 177 Å². The van der Waals surface area contributed by atoms with Crippen LogP contribution in [0.15, 0.2) is 376 Å². The van der Waals surface area contributed by atoms with Crippen molar-refractivity contribution in [1.29, 1.82) is 0 Å². The lowest BCUT2D eigenvalue weighted by Crippen LogP contribution is -1.95. The molecular formula is C94H62N6. The summed E-state index contributed by atoms with van der Waals surface area (Å²) in [4.78, 5) is 9.67. The number of hydrogen-bond donors (Lipinski definition) is 0. The summed E-state index contributed by atoms with van der Waals surface area (Å²) in [6, 6.07) is 131. The summed E-state index contributed by atoms with van der Waals surface area (Å²) in [6.07, 6.45) is 3.95. The molecule has 6 heterocycles. The molecule has 0 atom stereocenters. The zero-order valence-electron chi connectivity index (χ0n) is 54.5. The Kier molecular flexibility index (Phi) is 14.1. The summed E-state index contributed by atoms with van der Waals surface area (Å²) in [5.74, 6) is 0. The lowest BCUT2D eigenvalue weighted by Gasteiger charge is -2.11. The smallest absolute Gasteiger partial charge is 0.0703 e. The van der Waals surface area contributed by atoms with Gasteiger partial charge in [0.1, 0.15) is 0 Å². The maximum Gasteiger partial charge on any atom is 0.0703 e. The van der Waals surface area contributed by atoms with Gasteiger partial charge >= 0.3 is 0 Å². The molecule has 0 radical (unpaired) electrons. The maximum atomic E-state index is 4.87. The largest absolute Gasteiger partial charge is 0.309 e. The number of aromatic nitrogens is 6. The Morgan fingerprint density at radius 1 is 0.150 bits per heavy atom. The van der Waals surface area contributed by atoms with Crippen molar-refractivity contribution in [2.45, 2.75) is 0 Å². The minimum Gasteiger partial charge on any atom is -0.309 e. The fraction of sp³-hybridized carbons (Fsp3) is 0. The third-order valence-electron chi connectivity index (χ3n) is 19.9. The second-order valence-electron chi connectivity index (χ2n) is 25.7. The number of nitrogens with zero attached hydrogens (tertiary/aromatic N) is 6. The highest BCUT2D eigenvalue weighted by Crippen LogP contribution is 2.42. The Morgan fingerprint density at radius 2 is 0.410 bits per heavy atom. The van der Waals surface area contributed by atoms with E-state index in [2.05, 4.69) is 358 Å². The monoisotopic (exact) mass is 1270 g/mol. The van der Waals surface area contributed by atoms with E-state index in [4.69, 9.17) is 9.97 Å². The van der Waals surface area contributed by atoms with Crippen LogP contribution < -0.4 is 0 Å². The summed E-state index contributed by atoms with van der Waals surface area (Å²) in [5, 5.41) is 9.99. The molecule has 0 aliphatic heterocycles. The SMILES string of the molecule is c1ccc(-c2ccc(-c3cccc(-n4c5ccccc5c5cc(-c6ccc7c(c6)c6ccccc6n7-c6ccccc6)ccc54)c3)cn2)cc1.c1ccc(-c2ccc(-c3cccc(-n4c5ccccc5c5cc(-c6ccc7c(c6)c6ccccc6n7-c6ccccc6)ccc54)c3)nc2)cc1. The van der Waals surface area contributed by atoms with E-state index in [0.717, 1.165) is 50.6 Å². The van der Waals surface area contributed by atoms with Crippen LogP contribution in [-0.2, 0) is 0 Å². The minimum atomic E-state index is 0.957. The molecule has 0 fully saturated rings. The first kappa shape index (κ1) is 58.0. The Bertz CT molecular complexity index is 6080. The molecule has 100 heavy (non-hydrogen) atoms. The summed E-state index contributed by atoms with van der Waals surface area (Å²) in [5.41, 5.74) is 27.7. The average Bonchev–Trinajstić information content (AvgIpc) is 1.59. The highest BCUT2D eigenvalue weighted by atomic mass is 15.0. The highest BCUT2D eigenvalue weighted by Gasteiger charge is 2.20. The molecule has 0 amide bonds. The van der Waals surface area contributed by atoms with Gasteiger partial charge in [-0.25, -0.2) is 0 Å². The van der Waals surface area contributed by atoms with E-state index >= 15 is 0 Å². The highest BCUT2D eigenvalue weighted by molar-refractivity contribution is 6.15. The fourth-order valence-corrected chi connectivity index (χ4v) is 15.2. The Morgan fingerprint density at radius 3 is 0.790 bits per heavy atom. The third kappa shape index (κ3) is 10.0. The van der Waals surface area contributed by atoms with E-state index in [1.54, 1.807) is 0 Å². The van der Waals surface area contributed by atoms with Crippen LogP contribution in [0, 0.1) is 0 Å². The van der Waals surface area contributed by atoms with Gasteiger partial charge in [-0.2, -0.15) is 0 Å². The number of pyridine rings is 2. The van der Waals surface area contributed by atoms with Crippen molar-refractivity contribution in [3.63, 3.8) is 0 Å². The molecule has 0 saturated heterocycles. The number of rotatable bonds is 10. The molecule has 14 aromatic carbocycles. The molecule has 0 N–H and O–H groups in total. The number of hydrogen-bond acceptors (Lipinski definition) is 2. The quantitative estimate of drug-likeness (QED) is 0.137. The molecule has 6 nitrogen and oxygen atoms in total. The zero-order valence-corrected chi connectivity index (χ0v) is 54.5. The van der Waals surface area contributed by atoms with E-state index in [0.29, 0.717) is 0 Å². The van der Waals surface area contributed by atoms with Crippen molar-refractivity contribution in [3.05, 3.63) is 376 Å². The first-order valence-corrected chi connectivity index (χ1v) is 34.1. The van der Waals surface area contributed by atoms with Gasteiger partial charge in [0.15, 0.2) is 0 Å². The summed E-state index contributed by atoms with van der Waals surface area (Å²) in [7, 11) is 0. The van der Waals surface area contributed by atoms with Crippen LogP contribution in [0.3, 0.4) is 0 Å². The van der Waals surface area contributed by atoms with Crippen molar-refractivity contribution >= 4 is 87.2 Å². The van der Waals surface area contributed by atoms with Crippen LogP contribution in [0.2, 0.25) is 0 Å². The van der Waals surface area contributed by atoms with Gasteiger partial charge in [-0.3, -0.25) is 9.97 Å². The van der Waals surface area contributed by atoms with Gasteiger partial charge in [0.25, 0.3) is 0 Å². The van der Waals surface area contributed by atoms with Gasteiger partial charge in [-0.1, -0.05) is 231 Å². The van der Waals surface area contributed by atoms with Gasteiger partial charge in [0, 0.05) is 100 Å². The van der Waals surface area contributed by atoms with Crippen LogP contribution in [0.4, 0.5) is 0 Å². The summed E-state index contributed by atoms with van der Waals surface area (Å²) >= 11 is 0. The van der Waals surface area contributed by atoms with Gasteiger partial charge in [0.2, 0.25) is 0 Å². The van der Waals surface area contributed by atoms with Crippen LogP contribution in [0.5, 0.6) is 0 Å². The first-order chi connectivity index (χ1) is 49.6. The predicted octanol–water partition coefficient (Wildman–Crippen LogP) is 24.6. The van der Waals surface area contributed by atoms with Gasteiger partial charge < -0.3 is 18.3 Å².